The average molecular weight is 766 g/mol. The highest BCUT2D eigenvalue weighted by Crippen LogP contribution is 2.51. The summed E-state index contributed by atoms with van der Waals surface area (Å²) in [5, 5.41) is 4.68. The van der Waals surface area contributed by atoms with Crippen LogP contribution in [0.4, 0.5) is 17.1 Å². The van der Waals surface area contributed by atoms with E-state index in [0.717, 1.165) is 72.4 Å². The van der Waals surface area contributed by atoms with Crippen LogP contribution in [0.5, 0.6) is 0 Å². The van der Waals surface area contributed by atoms with Gasteiger partial charge < -0.3 is 9.32 Å². The first kappa shape index (κ1) is 35.2. The van der Waals surface area contributed by atoms with Crippen molar-refractivity contribution in [2.75, 3.05) is 4.90 Å². The van der Waals surface area contributed by atoms with E-state index in [9.17, 15) is 0 Å². The lowest BCUT2D eigenvalue weighted by Crippen LogP contribution is -2.13. The lowest BCUT2D eigenvalue weighted by molar-refractivity contribution is 0.670. The number of hydrogen-bond donors (Lipinski definition) is 0. The Kier molecular flexibility index (Phi) is 8.87. The number of rotatable bonds is 8. The first-order valence-corrected chi connectivity index (χ1v) is 20.5. The maximum Gasteiger partial charge on any atom is 0.143 e. The van der Waals surface area contributed by atoms with Gasteiger partial charge in [0.25, 0.3) is 0 Å². The van der Waals surface area contributed by atoms with Gasteiger partial charge in [0.1, 0.15) is 11.2 Å². The molecule has 10 aromatic carbocycles. The minimum Gasteiger partial charge on any atom is -0.455 e. The topological polar surface area (TPSA) is 16.4 Å². The van der Waals surface area contributed by atoms with Gasteiger partial charge in [0.2, 0.25) is 0 Å². The quantitative estimate of drug-likeness (QED) is 0.153. The molecule has 2 nitrogen and oxygen atoms in total. The molecule has 0 radical (unpaired) electrons. The summed E-state index contributed by atoms with van der Waals surface area (Å²) in [4.78, 5) is 2.45. The number of nitrogens with zero attached hydrogens (tertiary/aromatic N) is 1. The summed E-state index contributed by atoms with van der Waals surface area (Å²) < 4.78 is 6.81. The molecule has 0 unspecified atom stereocenters. The monoisotopic (exact) mass is 765 g/mol. The Hall–Kier alpha value is -7.94. The van der Waals surface area contributed by atoms with Gasteiger partial charge in [-0.1, -0.05) is 206 Å². The highest BCUT2D eigenvalue weighted by atomic mass is 16.3. The summed E-state index contributed by atoms with van der Waals surface area (Å²) in [5.74, 6) is 0. The van der Waals surface area contributed by atoms with Gasteiger partial charge in [-0.05, 0) is 80.0 Å². The summed E-state index contributed by atoms with van der Waals surface area (Å²) in [5.41, 5.74) is 16.4. The van der Waals surface area contributed by atoms with Crippen LogP contribution >= 0.6 is 0 Å². The van der Waals surface area contributed by atoms with Crippen LogP contribution in [-0.4, -0.2) is 0 Å². The second-order valence-electron chi connectivity index (χ2n) is 15.2. The SMILES string of the molecule is c1ccc(-c2ccccc2-c2ccccc2N(c2ccc(-c3cccc4ccccc34)cc2)c2cccc(-c3ccccc3)c2-c2cccc3c2oc2ccccc23)cc1. The van der Waals surface area contributed by atoms with Gasteiger partial charge in [-0.3, -0.25) is 0 Å². The molecule has 0 saturated heterocycles. The molecule has 0 N–H and O–H groups in total. The van der Waals surface area contributed by atoms with Crippen molar-refractivity contribution >= 4 is 49.8 Å². The van der Waals surface area contributed by atoms with E-state index in [4.69, 9.17) is 4.42 Å². The zero-order chi connectivity index (χ0) is 39.8. The third-order valence-corrected chi connectivity index (χ3v) is 11.7. The number of para-hydroxylation sites is 3. The Morgan fingerprint density at radius 3 is 1.58 bits per heavy atom. The van der Waals surface area contributed by atoms with E-state index in [1.807, 2.05) is 6.07 Å². The Morgan fingerprint density at radius 1 is 0.283 bits per heavy atom. The fraction of sp³-hybridized carbons (Fsp3) is 0. The van der Waals surface area contributed by atoms with Gasteiger partial charge >= 0.3 is 0 Å². The van der Waals surface area contributed by atoms with E-state index in [1.165, 1.54) is 33.0 Å². The molecule has 2 heteroatoms. The molecule has 0 spiro atoms. The number of anilines is 3. The fourth-order valence-corrected chi connectivity index (χ4v) is 8.97. The molecule has 1 heterocycles. The molecular weight excluding hydrogens is 727 g/mol. The van der Waals surface area contributed by atoms with Crippen LogP contribution in [0.3, 0.4) is 0 Å². The summed E-state index contributed by atoms with van der Waals surface area (Å²) >= 11 is 0. The van der Waals surface area contributed by atoms with Gasteiger partial charge in [-0.25, -0.2) is 0 Å². The highest BCUT2D eigenvalue weighted by molar-refractivity contribution is 6.13. The van der Waals surface area contributed by atoms with Crippen LogP contribution in [0.1, 0.15) is 0 Å². The predicted octanol–water partition coefficient (Wildman–Crippen LogP) is 16.5. The first-order chi connectivity index (χ1) is 29.8. The molecule has 0 fully saturated rings. The molecule has 0 atom stereocenters. The molecule has 11 rings (SSSR count). The predicted molar refractivity (Wildman–Crippen MR) is 253 cm³/mol. The zero-order valence-electron chi connectivity index (χ0n) is 32.9. The van der Waals surface area contributed by atoms with Crippen molar-refractivity contribution in [1.82, 2.24) is 0 Å². The normalized spacial score (nSPS) is 11.3. The van der Waals surface area contributed by atoms with Crippen molar-refractivity contribution in [2.24, 2.45) is 0 Å². The van der Waals surface area contributed by atoms with Gasteiger partial charge in [0.05, 0.1) is 11.4 Å². The van der Waals surface area contributed by atoms with Crippen LogP contribution in [0.2, 0.25) is 0 Å². The van der Waals surface area contributed by atoms with E-state index >= 15 is 0 Å². The van der Waals surface area contributed by atoms with E-state index < -0.39 is 0 Å². The Balaban J connectivity index is 1.20. The van der Waals surface area contributed by atoms with Crippen molar-refractivity contribution in [2.45, 2.75) is 0 Å². The molecule has 11 aromatic rings. The van der Waals surface area contributed by atoms with E-state index in [-0.39, 0.29) is 0 Å². The summed E-state index contributed by atoms with van der Waals surface area (Å²) in [7, 11) is 0. The van der Waals surface area contributed by atoms with Crippen LogP contribution in [-0.2, 0) is 0 Å². The molecule has 0 saturated carbocycles. The molecule has 1 aromatic heterocycles. The number of furan rings is 1. The Labute approximate surface area is 349 Å². The van der Waals surface area contributed by atoms with Crippen molar-refractivity contribution in [1.29, 1.82) is 0 Å². The average Bonchev–Trinajstić information content (AvgIpc) is 3.72. The van der Waals surface area contributed by atoms with Crippen LogP contribution < -0.4 is 4.90 Å². The zero-order valence-corrected chi connectivity index (χ0v) is 32.9. The molecule has 282 valence electrons. The van der Waals surface area contributed by atoms with Crippen molar-refractivity contribution in [3.63, 3.8) is 0 Å². The van der Waals surface area contributed by atoms with Crippen molar-refractivity contribution in [3.05, 3.63) is 237 Å². The summed E-state index contributed by atoms with van der Waals surface area (Å²) in [6.07, 6.45) is 0. The van der Waals surface area contributed by atoms with E-state index in [2.05, 4.69) is 235 Å². The van der Waals surface area contributed by atoms with E-state index in [1.54, 1.807) is 0 Å². The first-order valence-electron chi connectivity index (χ1n) is 20.5. The third-order valence-electron chi connectivity index (χ3n) is 11.7. The van der Waals surface area contributed by atoms with Gasteiger partial charge in [-0.15, -0.1) is 0 Å². The molecule has 0 amide bonds. The fourth-order valence-electron chi connectivity index (χ4n) is 8.97. The van der Waals surface area contributed by atoms with Gasteiger partial charge in [-0.2, -0.15) is 0 Å². The molecular formula is C58H39NO. The van der Waals surface area contributed by atoms with Crippen LogP contribution in [0.25, 0.3) is 88.3 Å². The maximum atomic E-state index is 6.81. The summed E-state index contributed by atoms with van der Waals surface area (Å²) in [6, 6.07) is 84.9. The number of hydrogen-bond acceptors (Lipinski definition) is 2. The van der Waals surface area contributed by atoms with Gasteiger partial charge in [0.15, 0.2) is 0 Å². The smallest absolute Gasteiger partial charge is 0.143 e. The molecule has 0 aliphatic rings. The Morgan fingerprint density at radius 2 is 0.783 bits per heavy atom. The number of benzene rings is 10. The molecule has 60 heavy (non-hydrogen) atoms. The minimum absolute atomic E-state index is 0.872. The lowest BCUT2D eigenvalue weighted by atomic mass is 9.90. The second kappa shape index (κ2) is 15.1. The maximum absolute atomic E-state index is 6.81. The molecule has 0 aliphatic heterocycles. The lowest BCUT2D eigenvalue weighted by Gasteiger charge is -2.31. The largest absolute Gasteiger partial charge is 0.455 e. The van der Waals surface area contributed by atoms with Gasteiger partial charge in [0, 0.05) is 33.2 Å². The van der Waals surface area contributed by atoms with Crippen molar-refractivity contribution < 1.29 is 4.42 Å². The second-order valence-corrected chi connectivity index (χ2v) is 15.2. The van der Waals surface area contributed by atoms with Crippen LogP contribution in [0.15, 0.2) is 241 Å². The standard InChI is InChI=1S/C58H39NO/c1-3-18-40(19-4-1)47-25-9-10-26-49(47)50-27-11-13-33-54(50)59(44-38-36-43(37-39-44)46-29-15-23-41-22-7-8-24-45(41)46)55-34-17-30-48(42-20-5-2-6-21-42)57(55)53-32-16-31-52-51-28-12-14-35-56(51)60-58(52)53/h1-39H. The molecule has 0 bridgehead atoms. The van der Waals surface area contributed by atoms with Crippen molar-refractivity contribution in [3.8, 4) is 55.6 Å². The van der Waals surface area contributed by atoms with E-state index in [0.29, 0.717) is 0 Å². The third kappa shape index (κ3) is 6.14. The van der Waals surface area contributed by atoms with Crippen LogP contribution in [0, 0.1) is 0 Å². The molecule has 0 aliphatic carbocycles. The minimum atomic E-state index is 0.872. The Bertz CT molecular complexity index is 3300. The summed E-state index contributed by atoms with van der Waals surface area (Å²) in [6.45, 7) is 0. The highest BCUT2D eigenvalue weighted by Gasteiger charge is 2.26. The number of fused-ring (bicyclic) bond motifs is 4.